The summed E-state index contributed by atoms with van der Waals surface area (Å²) in [6.07, 6.45) is 0. The SMILES string of the molecule is CCS(=O)(=O)[C@@H]1[C@@H](c2ccc(C)cc2)[C@@]1(C#N)C(=O)O. The van der Waals surface area contributed by atoms with Gasteiger partial charge in [-0.3, -0.25) is 4.79 Å². The molecule has 6 heteroatoms. The van der Waals surface area contributed by atoms with Crippen LogP contribution in [0, 0.1) is 23.7 Å². The van der Waals surface area contributed by atoms with E-state index in [1.165, 1.54) is 6.92 Å². The van der Waals surface area contributed by atoms with E-state index in [0.717, 1.165) is 5.56 Å². The maximum absolute atomic E-state index is 12.1. The number of hydrogen-bond acceptors (Lipinski definition) is 4. The molecule has 1 aliphatic carbocycles. The molecule has 0 amide bonds. The number of hydrogen-bond donors (Lipinski definition) is 1. The van der Waals surface area contributed by atoms with E-state index >= 15 is 0 Å². The number of carboxylic acids is 1. The average molecular weight is 293 g/mol. The van der Waals surface area contributed by atoms with E-state index in [1.54, 1.807) is 30.3 Å². The van der Waals surface area contributed by atoms with E-state index < -0.39 is 32.4 Å². The number of nitrogens with zero attached hydrogens (tertiary/aromatic N) is 1. The number of benzene rings is 1. The quantitative estimate of drug-likeness (QED) is 0.907. The van der Waals surface area contributed by atoms with Crippen LogP contribution in [0.1, 0.15) is 24.0 Å². The van der Waals surface area contributed by atoms with Crippen LogP contribution in [0.15, 0.2) is 24.3 Å². The molecular weight excluding hydrogens is 278 g/mol. The highest BCUT2D eigenvalue weighted by Crippen LogP contribution is 2.63. The number of aryl methyl sites for hydroxylation is 1. The van der Waals surface area contributed by atoms with E-state index in [0.29, 0.717) is 5.56 Å². The molecular formula is C14H15NO4S. The lowest BCUT2D eigenvalue weighted by molar-refractivity contribution is -0.141. The van der Waals surface area contributed by atoms with Crippen molar-refractivity contribution in [2.75, 3.05) is 5.75 Å². The molecule has 106 valence electrons. The molecule has 1 aliphatic rings. The van der Waals surface area contributed by atoms with Gasteiger partial charge in [0, 0.05) is 11.7 Å². The smallest absolute Gasteiger partial charge is 0.326 e. The molecule has 0 bridgehead atoms. The maximum Gasteiger partial charge on any atom is 0.326 e. The fourth-order valence-electron chi connectivity index (χ4n) is 2.67. The van der Waals surface area contributed by atoms with Crippen LogP contribution >= 0.6 is 0 Å². The van der Waals surface area contributed by atoms with Gasteiger partial charge in [0.15, 0.2) is 15.3 Å². The van der Waals surface area contributed by atoms with Crippen LogP contribution in [-0.2, 0) is 14.6 Å². The topological polar surface area (TPSA) is 95.2 Å². The molecule has 1 fully saturated rings. The Labute approximate surface area is 117 Å². The summed E-state index contributed by atoms with van der Waals surface area (Å²) in [7, 11) is -3.60. The number of carbonyl (C=O) groups is 1. The molecule has 5 nitrogen and oxygen atoms in total. The Kier molecular flexibility index (Phi) is 3.34. The fourth-order valence-corrected chi connectivity index (χ4v) is 4.61. The lowest BCUT2D eigenvalue weighted by Crippen LogP contribution is -2.23. The molecule has 0 radical (unpaired) electrons. The van der Waals surface area contributed by atoms with Gasteiger partial charge in [-0.05, 0) is 12.5 Å². The first-order valence-electron chi connectivity index (χ1n) is 6.24. The van der Waals surface area contributed by atoms with E-state index in [-0.39, 0.29) is 5.75 Å². The molecule has 0 aromatic heterocycles. The van der Waals surface area contributed by atoms with Gasteiger partial charge in [0.05, 0.1) is 6.07 Å². The first-order chi connectivity index (χ1) is 9.31. The highest BCUT2D eigenvalue weighted by atomic mass is 32.2. The molecule has 0 spiro atoms. The van der Waals surface area contributed by atoms with E-state index in [4.69, 9.17) is 0 Å². The Hall–Kier alpha value is -1.87. The van der Waals surface area contributed by atoms with Crippen molar-refractivity contribution in [3.63, 3.8) is 0 Å². The van der Waals surface area contributed by atoms with Crippen molar-refractivity contribution in [2.45, 2.75) is 25.0 Å². The zero-order valence-electron chi connectivity index (χ0n) is 11.2. The molecule has 2 rings (SSSR count). The predicted octanol–water partition coefficient (Wildman–Crippen LogP) is 1.49. The second-order valence-electron chi connectivity index (χ2n) is 5.05. The average Bonchev–Trinajstić information content (AvgIpc) is 3.11. The Morgan fingerprint density at radius 2 is 1.95 bits per heavy atom. The second kappa shape index (κ2) is 4.60. The normalized spacial score (nSPS) is 28.6. The van der Waals surface area contributed by atoms with Gasteiger partial charge < -0.3 is 5.11 Å². The van der Waals surface area contributed by atoms with Gasteiger partial charge in [-0.1, -0.05) is 36.8 Å². The van der Waals surface area contributed by atoms with Gasteiger partial charge in [0.1, 0.15) is 5.25 Å². The zero-order chi connectivity index (χ0) is 15.1. The number of rotatable bonds is 4. The third-order valence-electron chi connectivity index (χ3n) is 3.90. The molecule has 0 saturated heterocycles. The van der Waals surface area contributed by atoms with Crippen LogP contribution < -0.4 is 0 Å². The molecule has 0 aliphatic heterocycles. The predicted molar refractivity (Wildman–Crippen MR) is 72.9 cm³/mol. The lowest BCUT2D eigenvalue weighted by Gasteiger charge is -2.02. The van der Waals surface area contributed by atoms with Crippen molar-refractivity contribution in [1.29, 1.82) is 5.26 Å². The van der Waals surface area contributed by atoms with Crippen LogP contribution in [0.25, 0.3) is 0 Å². The van der Waals surface area contributed by atoms with Crippen molar-refractivity contribution >= 4 is 15.8 Å². The van der Waals surface area contributed by atoms with E-state index in [9.17, 15) is 23.6 Å². The summed E-state index contributed by atoms with van der Waals surface area (Å²) >= 11 is 0. The molecule has 1 N–H and O–H groups in total. The van der Waals surface area contributed by atoms with Crippen molar-refractivity contribution in [1.82, 2.24) is 0 Å². The first-order valence-corrected chi connectivity index (χ1v) is 7.95. The Bertz CT molecular complexity index is 687. The summed E-state index contributed by atoms with van der Waals surface area (Å²) in [5, 5.41) is 17.4. The summed E-state index contributed by atoms with van der Waals surface area (Å²) in [6, 6.07) is 8.69. The van der Waals surface area contributed by atoms with Crippen LogP contribution in [-0.4, -0.2) is 30.5 Å². The minimum absolute atomic E-state index is 0.170. The standard InChI is InChI=1S/C14H15NO4S/c1-3-20(18,19)12-11(14(12,8-15)13(16)17)10-6-4-9(2)5-7-10/h4-7,11-12H,3H2,1-2H3,(H,16,17)/t11-,12-,14-/m1/s1. The summed E-state index contributed by atoms with van der Waals surface area (Å²) in [6.45, 7) is 3.34. The van der Waals surface area contributed by atoms with Crippen LogP contribution in [0.2, 0.25) is 0 Å². The molecule has 3 atom stereocenters. The number of aliphatic carboxylic acids is 1. The number of sulfone groups is 1. The van der Waals surface area contributed by atoms with Gasteiger partial charge in [0.25, 0.3) is 0 Å². The van der Waals surface area contributed by atoms with Gasteiger partial charge in [0.2, 0.25) is 0 Å². The van der Waals surface area contributed by atoms with Crippen LogP contribution in [0.3, 0.4) is 0 Å². The summed E-state index contributed by atoms with van der Waals surface area (Å²) in [5.41, 5.74) is -0.284. The largest absolute Gasteiger partial charge is 0.480 e. The van der Waals surface area contributed by atoms with Crippen molar-refractivity contribution in [2.24, 2.45) is 5.41 Å². The Morgan fingerprint density at radius 3 is 2.35 bits per heavy atom. The molecule has 1 aromatic rings. The van der Waals surface area contributed by atoms with Gasteiger partial charge >= 0.3 is 5.97 Å². The third kappa shape index (κ3) is 1.90. The van der Waals surface area contributed by atoms with Gasteiger partial charge in [-0.15, -0.1) is 0 Å². The van der Waals surface area contributed by atoms with Crippen LogP contribution in [0.5, 0.6) is 0 Å². The van der Waals surface area contributed by atoms with Crippen LogP contribution in [0.4, 0.5) is 0 Å². The molecule has 20 heavy (non-hydrogen) atoms. The summed E-state index contributed by atoms with van der Waals surface area (Å²) in [5.74, 6) is -2.33. The Balaban J connectivity index is 2.54. The minimum Gasteiger partial charge on any atom is -0.480 e. The summed E-state index contributed by atoms with van der Waals surface area (Å²) < 4.78 is 24.2. The lowest BCUT2D eigenvalue weighted by atomic mass is 10.00. The number of carboxylic acid groups (broad SMARTS) is 1. The molecule has 0 unspecified atom stereocenters. The Morgan fingerprint density at radius 1 is 1.40 bits per heavy atom. The maximum atomic E-state index is 12.1. The highest BCUT2D eigenvalue weighted by molar-refractivity contribution is 7.92. The summed E-state index contributed by atoms with van der Waals surface area (Å²) in [4.78, 5) is 11.5. The second-order valence-corrected chi connectivity index (χ2v) is 7.46. The van der Waals surface area contributed by atoms with E-state index in [1.807, 2.05) is 6.92 Å². The molecule has 0 heterocycles. The molecule has 1 saturated carbocycles. The monoisotopic (exact) mass is 293 g/mol. The number of nitriles is 1. The third-order valence-corrected chi connectivity index (χ3v) is 6.12. The zero-order valence-corrected chi connectivity index (χ0v) is 12.0. The van der Waals surface area contributed by atoms with Gasteiger partial charge in [-0.25, -0.2) is 8.42 Å². The molecule has 1 aromatic carbocycles. The fraction of sp³-hybridized carbons (Fsp3) is 0.429. The minimum atomic E-state index is -3.60. The van der Waals surface area contributed by atoms with Gasteiger partial charge in [-0.2, -0.15) is 5.26 Å². The van der Waals surface area contributed by atoms with Crippen molar-refractivity contribution in [3.8, 4) is 6.07 Å². The van der Waals surface area contributed by atoms with E-state index in [2.05, 4.69) is 0 Å². The first kappa shape index (κ1) is 14.5. The van der Waals surface area contributed by atoms with Crippen molar-refractivity contribution in [3.05, 3.63) is 35.4 Å². The highest BCUT2D eigenvalue weighted by Gasteiger charge is 2.76. The van der Waals surface area contributed by atoms with Crippen molar-refractivity contribution < 1.29 is 18.3 Å².